The molecule has 2 aliphatic rings. The number of benzene rings is 2. The zero-order valence-electron chi connectivity index (χ0n) is 17.4. The summed E-state index contributed by atoms with van der Waals surface area (Å²) in [6.45, 7) is 5.28. The zero-order valence-corrected chi connectivity index (χ0v) is 17.4. The van der Waals surface area contributed by atoms with Crippen LogP contribution in [0.5, 0.6) is 0 Å². The van der Waals surface area contributed by atoms with Crippen LogP contribution in [0.3, 0.4) is 0 Å². The first-order valence-corrected chi connectivity index (χ1v) is 11.1. The van der Waals surface area contributed by atoms with Gasteiger partial charge in [0.05, 0.1) is 12.7 Å². The topological polar surface area (TPSA) is 18.5 Å². The summed E-state index contributed by atoms with van der Waals surface area (Å²) in [5, 5.41) is 0. The summed E-state index contributed by atoms with van der Waals surface area (Å²) >= 11 is 0. The van der Waals surface area contributed by atoms with Crippen molar-refractivity contribution in [1.82, 2.24) is 0 Å². The minimum absolute atomic E-state index is 0.0101. The number of fused-ring (bicyclic) bond motifs is 1. The highest BCUT2D eigenvalue weighted by Gasteiger charge is 2.64. The summed E-state index contributed by atoms with van der Waals surface area (Å²) in [6, 6.07) is 22.0. The molecule has 0 bridgehead atoms. The molecule has 28 heavy (non-hydrogen) atoms. The minimum atomic E-state index is -0.448. The molecule has 4 rings (SSSR count). The fraction of sp³-hybridized carbons (Fsp3) is 0.538. The van der Waals surface area contributed by atoms with Gasteiger partial charge in [-0.2, -0.15) is 0 Å². The third-order valence-corrected chi connectivity index (χ3v) is 6.94. The summed E-state index contributed by atoms with van der Waals surface area (Å²) in [4.78, 5) is 0. The first-order chi connectivity index (χ1) is 13.7. The van der Waals surface area contributed by atoms with Crippen molar-refractivity contribution in [3.63, 3.8) is 0 Å². The van der Waals surface area contributed by atoms with Gasteiger partial charge in [0, 0.05) is 17.8 Å². The van der Waals surface area contributed by atoms with Gasteiger partial charge in [-0.15, -0.1) is 0 Å². The van der Waals surface area contributed by atoms with Crippen molar-refractivity contribution in [2.45, 2.75) is 76.6 Å². The predicted octanol–water partition coefficient (Wildman–Crippen LogP) is 6.70. The molecule has 0 N–H and O–H groups in total. The maximum atomic E-state index is 6.83. The van der Waals surface area contributed by atoms with E-state index in [9.17, 15) is 0 Å². The molecule has 2 heteroatoms. The third-order valence-electron chi connectivity index (χ3n) is 6.94. The van der Waals surface area contributed by atoms with Gasteiger partial charge in [-0.3, -0.25) is 0 Å². The number of hydrogen-bond acceptors (Lipinski definition) is 2. The molecule has 0 amide bonds. The van der Waals surface area contributed by atoms with Crippen molar-refractivity contribution >= 4 is 0 Å². The average Bonchev–Trinajstić information content (AvgIpc) is 3.23. The van der Waals surface area contributed by atoms with E-state index in [0.717, 1.165) is 25.9 Å². The van der Waals surface area contributed by atoms with E-state index in [1.165, 1.54) is 36.8 Å². The highest BCUT2D eigenvalue weighted by atomic mass is 16.7. The van der Waals surface area contributed by atoms with Crippen molar-refractivity contribution in [2.75, 3.05) is 6.61 Å². The molecule has 1 aliphatic heterocycles. The fourth-order valence-corrected chi connectivity index (χ4v) is 5.72. The van der Waals surface area contributed by atoms with Gasteiger partial charge in [0.2, 0.25) is 0 Å². The lowest BCUT2D eigenvalue weighted by atomic mass is 9.64. The van der Waals surface area contributed by atoms with Crippen molar-refractivity contribution in [1.29, 1.82) is 0 Å². The van der Waals surface area contributed by atoms with Gasteiger partial charge >= 0.3 is 0 Å². The van der Waals surface area contributed by atoms with Crippen LogP contribution in [-0.4, -0.2) is 18.5 Å². The Morgan fingerprint density at radius 1 is 0.929 bits per heavy atom. The van der Waals surface area contributed by atoms with E-state index < -0.39 is 5.79 Å². The van der Waals surface area contributed by atoms with Gasteiger partial charge < -0.3 is 9.47 Å². The Morgan fingerprint density at radius 3 is 2.18 bits per heavy atom. The fourth-order valence-electron chi connectivity index (χ4n) is 5.72. The van der Waals surface area contributed by atoms with Crippen molar-refractivity contribution in [3.8, 4) is 0 Å². The molecule has 0 spiro atoms. The minimum Gasteiger partial charge on any atom is -0.349 e. The monoisotopic (exact) mass is 378 g/mol. The van der Waals surface area contributed by atoms with E-state index in [1.54, 1.807) is 0 Å². The molecule has 3 atom stereocenters. The van der Waals surface area contributed by atoms with Gasteiger partial charge in [0.15, 0.2) is 5.79 Å². The molecule has 2 aromatic carbocycles. The number of unbranched alkanes of at least 4 members (excludes halogenated alkanes) is 1. The standard InChI is InChI=1S/C26H34O2/c1-3-4-12-21(2)28-26-18-11-17-25(26,19-20-27-26)24(22-13-7-5-8-14-22)23-15-9-6-10-16-23/h5-10,13-16,21,24H,3-4,11-12,17-20H2,1-2H3/t21-,25-,26+/m1/s1. The van der Waals surface area contributed by atoms with Crippen LogP contribution in [-0.2, 0) is 9.47 Å². The first kappa shape index (κ1) is 19.7. The molecule has 0 aromatic heterocycles. The molecule has 2 nitrogen and oxygen atoms in total. The molecular weight excluding hydrogens is 344 g/mol. The Labute approximate surface area is 170 Å². The Bertz CT molecular complexity index is 690. The van der Waals surface area contributed by atoms with Gasteiger partial charge in [-0.1, -0.05) is 80.4 Å². The zero-order chi connectivity index (χ0) is 19.5. The van der Waals surface area contributed by atoms with Crippen LogP contribution in [0.4, 0.5) is 0 Å². The van der Waals surface area contributed by atoms with Crippen LogP contribution < -0.4 is 0 Å². The third kappa shape index (κ3) is 3.42. The van der Waals surface area contributed by atoms with E-state index in [0.29, 0.717) is 5.92 Å². The van der Waals surface area contributed by atoms with E-state index in [-0.39, 0.29) is 11.5 Å². The smallest absolute Gasteiger partial charge is 0.175 e. The molecular formula is C26H34O2. The molecule has 1 aliphatic carbocycles. The molecule has 0 unspecified atom stereocenters. The lowest BCUT2D eigenvalue weighted by Crippen LogP contribution is -2.48. The van der Waals surface area contributed by atoms with E-state index >= 15 is 0 Å². The van der Waals surface area contributed by atoms with Crippen LogP contribution >= 0.6 is 0 Å². The molecule has 1 saturated heterocycles. The summed E-state index contributed by atoms with van der Waals surface area (Å²) in [7, 11) is 0. The molecule has 0 radical (unpaired) electrons. The second-order valence-electron chi connectivity index (χ2n) is 8.69. The Balaban J connectivity index is 1.75. The van der Waals surface area contributed by atoms with Gasteiger partial charge in [-0.05, 0) is 43.7 Å². The molecule has 1 saturated carbocycles. The largest absolute Gasteiger partial charge is 0.349 e. The lowest BCUT2D eigenvalue weighted by Gasteiger charge is -2.46. The van der Waals surface area contributed by atoms with Gasteiger partial charge in [-0.25, -0.2) is 0 Å². The van der Waals surface area contributed by atoms with E-state index in [2.05, 4.69) is 74.5 Å². The Kier molecular flexibility index (Phi) is 5.89. The van der Waals surface area contributed by atoms with Crippen molar-refractivity contribution < 1.29 is 9.47 Å². The Morgan fingerprint density at radius 2 is 1.57 bits per heavy atom. The van der Waals surface area contributed by atoms with Crippen LogP contribution in [0.2, 0.25) is 0 Å². The van der Waals surface area contributed by atoms with Crippen LogP contribution in [0.25, 0.3) is 0 Å². The highest BCUT2D eigenvalue weighted by molar-refractivity contribution is 5.37. The molecule has 2 fully saturated rings. The van der Waals surface area contributed by atoms with Gasteiger partial charge in [0.25, 0.3) is 0 Å². The highest BCUT2D eigenvalue weighted by Crippen LogP contribution is 2.64. The van der Waals surface area contributed by atoms with Crippen LogP contribution in [0.15, 0.2) is 60.7 Å². The van der Waals surface area contributed by atoms with E-state index in [1.807, 2.05) is 0 Å². The molecule has 2 aromatic rings. The SMILES string of the molecule is CCCC[C@@H](C)O[C@@]12CCC[C@]1(C(c1ccccc1)c1ccccc1)CCO2. The maximum absolute atomic E-state index is 6.83. The lowest BCUT2D eigenvalue weighted by molar-refractivity contribution is -0.269. The summed E-state index contributed by atoms with van der Waals surface area (Å²) in [5.41, 5.74) is 2.78. The normalized spacial score (nSPS) is 27.8. The Hall–Kier alpha value is -1.64. The first-order valence-electron chi connectivity index (χ1n) is 11.1. The molecule has 1 heterocycles. The van der Waals surface area contributed by atoms with Gasteiger partial charge in [0.1, 0.15) is 0 Å². The van der Waals surface area contributed by atoms with E-state index in [4.69, 9.17) is 9.47 Å². The summed E-state index contributed by atoms with van der Waals surface area (Å²) < 4.78 is 13.4. The molecule has 150 valence electrons. The second-order valence-corrected chi connectivity index (χ2v) is 8.69. The average molecular weight is 379 g/mol. The second kappa shape index (κ2) is 8.39. The number of hydrogen-bond donors (Lipinski definition) is 0. The van der Waals surface area contributed by atoms with Crippen LogP contribution in [0.1, 0.15) is 75.8 Å². The quantitative estimate of drug-likeness (QED) is 0.509. The maximum Gasteiger partial charge on any atom is 0.175 e. The summed E-state index contributed by atoms with van der Waals surface area (Å²) in [6.07, 6.45) is 8.20. The van der Waals surface area contributed by atoms with Crippen LogP contribution in [0, 0.1) is 5.41 Å². The number of ether oxygens (including phenoxy) is 2. The predicted molar refractivity (Wildman–Crippen MR) is 114 cm³/mol. The van der Waals surface area contributed by atoms with Crippen molar-refractivity contribution in [2.24, 2.45) is 5.41 Å². The number of rotatable bonds is 8. The summed E-state index contributed by atoms with van der Waals surface area (Å²) in [5.74, 6) is -0.144. The van der Waals surface area contributed by atoms with Crippen molar-refractivity contribution in [3.05, 3.63) is 71.8 Å².